The van der Waals surface area contributed by atoms with Crippen LogP contribution < -0.4 is 9.64 Å². The molecule has 1 aromatic heterocycles. The summed E-state index contributed by atoms with van der Waals surface area (Å²) in [7, 11) is 1.98. The van der Waals surface area contributed by atoms with E-state index in [9.17, 15) is 0 Å². The van der Waals surface area contributed by atoms with E-state index >= 15 is 0 Å². The van der Waals surface area contributed by atoms with Crippen molar-refractivity contribution in [2.24, 2.45) is 0 Å². The van der Waals surface area contributed by atoms with Gasteiger partial charge in [-0.25, -0.2) is 0 Å². The predicted molar refractivity (Wildman–Crippen MR) is 64.9 cm³/mol. The molecule has 0 aliphatic heterocycles. The molecular formula is C10H16BrN3O. The number of hydrogen-bond donors (Lipinski definition) is 0. The molecule has 0 bridgehead atoms. The molecule has 0 radical (unpaired) electrons. The summed E-state index contributed by atoms with van der Waals surface area (Å²) in [6.45, 7) is 4.83. The molecule has 84 valence electrons. The highest BCUT2D eigenvalue weighted by atomic mass is 79.9. The Hall–Kier alpha value is -0.840. The normalized spacial score (nSPS) is 10.5. The van der Waals surface area contributed by atoms with Crippen molar-refractivity contribution in [2.75, 3.05) is 23.8 Å². The van der Waals surface area contributed by atoms with Crippen molar-refractivity contribution in [1.29, 1.82) is 0 Å². The lowest BCUT2D eigenvalue weighted by molar-refractivity contribution is 0.232. The fourth-order valence-electron chi connectivity index (χ4n) is 1.06. The highest BCUT2D eigenvalue weighted by Crippen LogP contribution is 2.13. The third kappa shape index (κ3) is 4.03. The van der Waals surface area contributed by atoms with E-state index in [1.807, 2.05) is 25.8 Å². The maximum atomic E-state index is 5.47. The first kappa shape index (κ1) is 12.2. The molecule has 0 amide bonds. The zero-order valence-corrected chi connectivity index (χ0v) is 10.9. The molecule has 0 saturated heterocycles. The lowest BCUT2D eigenvalue weighted by atomic mass is 10.5. The molecule has 15 heavy (non-hydrogen) atoms. The minimum atomic E-state index is 0.121. The van der Waals surface area contributed by atoms with E-state index in [0.29, 0.717) is 5.88 Å². The van der Waals surface area contributed by atoms with Crippen molar-refractivity contribution < 1.29 is 4.74 Å². The summed E-state index contributed by atoms with van der Waals surface area (Å²) in [5.74, 6) is 1.40. The Kier molecular flexibility index (Phi) is 4.81. The molecule has 0 aromatic carbocycles. The van der Waals surface area contributed by atoms with Crippen LogP contribution in [0.25, 0.3) is 0 Å². The van der Waals surface area contributed by atoms with Gasteiger partial charge in [0.2, 0.25) is 5.88 Å². The van der Waals surface area contributed by atoms with E-state index in [4.69, 9.17) is 4.74 Å². The van der Waals surface area contributed by atoms with Gasteiger partial charge in [-0.2, -0.15) is 4.98 Å². The van der Waals surface area contributed by atoms with Crippen molar-refractivity contribution in [3.05, 3.63) is 12.4 Å². The number of nitrogens with zero attached hydrogens (tertiary/aromatic N) is 3. The smallest absolute Gasteiger partial charge is 0.234 e. The maximum absolute atomic E-state index is 5.47. The van der Waals surface area contributed by atoms with Gasteiger partial charge in [0.05, 0.1) is 18.5 Å². The standard InChI is InChI=1S/C10H16BrN3O/c1-8(2)15-10-7-12-6-9(13-10)14(3)5-4-11/h6-8H,4-5H2,1-3H3. The molecule has 0 N–H and O–H groups in total. The number of aromatic nitrogens is 2. The molecule has 0 aliphatic rings. The first-order chi connectivity index (χ1) is 7.13. The minimum Gasteiger partial charge on any atom is -0.474 e. The maximum Gasteiger partial charge on any atom is 0.234 e. The zero-order chi connectivity index (χ0) is 11.3. The van der Waals surface area contributed by atoms with Gasteiger partial charge in [-0.1, -0.05) is 15.9 Å². The molecule has 0 fully saturated rings. The quantitative estimate of drug-likeness (QED) is 0.771. The topological polar surface area (TPSA) is 38.2 Å². The summed E-state index contributed by atoms with van der Waals surface area (Å²) in [5.41, 5.74) is 0. The summed E-state index contributed by atoms with van der Waals surface area (Å²) in [6, 6.07) is 0. The number of alkyl halides is 1. The Balaban J connectivity index is 2.73. The molecule has 1 heterocycles. The van der Waals surface area contributed by atoms with Crippen molar-refractivity contribution in [3.8, 4) is 5.88 Å². The fraction of sp³-hybridized carbons (Fsp3) is 0.600. The molecule has 0 unspecified atom stereocenters. The minimum absolute atomic E-state index is 0.121. The van der Waals surface area contributed by atoms with Crippen LogP contribution >= 0.6 is 15.9 Å². The van der Waals surface area contributed by atoms with Crippen LogP contribution in [-0.4, -0.2) is 35.0 Å². The van der Waals surface area contributed by atoms with Gasteiger partial charge in [-0.15, -0.1) is 0 Å². The Bertz CT molecular complexity index is 306. The van der Waals surface area contributed by atoms with Crippen LogP contribution in [0.3, 0.4) is 0 Å². The monoisotopic (exact) mass is 273 g/mol. The molecule has 1 rings (SSSR count). The largest absolute Gasteiger partial charge is 0.474 e. The van der Waals surface area contributed by atoms with Crippen LogP contribution in [-0.2, 0) is 0 Å². The van der Waals surface area contributed by atoms with Crippen molar-refractivity contribution in [2.45, 2.75) is 20.0 Å². The Labute approximate surface area is 98.8 Å². The fourth-order valence-corrected chi connectivity index (χ4v) is 1.59. The summed E-state index contributed by atoms with van der Waals surface area (Å²) < 4.78 is 5.47. The van der Waals surface area contributed by atoms with Gasteiger partial charge in [-0.05, 0) is 13.8 Å². The van der Waals surface area contributed by atoms with E-state index in [0.717, 1.165) is 17.7 Å². The van der Waals surface area contributed by atoms with E-state index in [-0.39, 0.29) is 6.10 Å². The Morgan fingerprint density at radius 1 is 1.47 bits per heavy atom. The first-order valence-corrected chi connectivity index (χ1v) is 6.01. The predicted octanol–water partition coefficient (Wildman–Crippen LogP) is 2.09. The average Bonchev–Trinajstić information content (AvgIpc) is 2.17. The summed E-state index contributed by atoms with van der Waals surface area (Å²) >= 11 is 3.38. The summed E-state index contributed by atoms with van der Waals surface area (Å²) in [5, 5.41) is 0.903. The molecule has 1 aromatic rings. The van der Waals surface area contributed by atoms with Crippen molar-refractivity contribution in [3.63, 3.8) is 0 Å². The number of ether oxygens (including phenoxy) is 1. The second-order valence-electron chi connectivity index (χ2n) is 3.49. The highest BCUT2D eigenvalue weighted by molar-refractivity contribution is 9.09. The summed E-state index contributed by atoms with van der Waals surface area (Å²) in [6.07, 6.45) is 3.48. The van der Waals surface area contributed by atoms with Crippen LogP contribution in [0.4, 0.5) is 5.82 Å². The van der Waals surface area contributed by atoms with Gasteiger partial charge in [0, 0.05) is 18.9 Å². The number of anilines is 1. The molecule has 0 aliphatic carbocycles. The van der Waals surface area contributed by atoms with E-state index < -0.39 is 0 Å². The molecule has 0 saturated carbocycles. The molecule has 4 nitrogen and oxygen atoms in total. The van der Waals surface area contributed by atoms with Crippen LogP contribution in [0, 0.1) is 0 Å². The first-order valence-electron chi connectivity index (χ1n) is 4.89. The Morgan fingerprint density at radius 2 is 2.20 bits per heavy atom. The number of hydrogen-bond acceptors (Lipinski definition) is 4. The van der Waals surface area contributed by atoms with Gasteiger partial charge < -0.3 is 9.64 Å². The average molecular weight is 274 g/mol. The van der Waals surface area contributed by atoms with Gasteiger partial charge in [-0.3, -0.25) is 4.98 Å². The van der Waals surface area contributed by atoms with Gasteiger partial charge in [0.15, 0.2) is 5.82 Å². The SMILES string of the molecule is CC(C)Oc1cncc(N(C)CCBr)n1. The van der Waals surface area contributed by atoms with Crippen LogP contribution in [0.1, 0.15) is 13.8 Å². The van der Waals surface area contributed by atoms with E-state index in [2.05, 4.69) is 25.9 Å². The van der Waals surface area contributed by atoms with E-state index in [1.165, 1.54) is 0 Å². The van der Waals surface area contributed by atoms with Crippen molar-refractivity contribution >= 4 is 21.7 Å². The van der Waals surface area contributed by atoms with Gasteiger partial charge >= 0.3 is 0 Å². The molecular weight excluding hydrogens is 258 g/mol. The molecule has 5 heteroatoms. The number of rotatable bonds is 5. The number of halogens is 1. The lowest BCUT2D eigenvalue weighted by Crippen LogP contribution is -2.21. The second-order valence-corrected chi connectivity index (χ2v) is 4.29. The van der Waals surface area contributed by atoms with Gasteiger partial charge in [0.25, 0.3) is 0 Å². The molecule has 0 spiro atoms. The highest BCUT2D eigenvalue weighted by Gasteiger charge is 2.05. The van der Waals surface area contributed by atoms with Crippen LogP contribution in [0.5, 0.6) is 5.88 Å². The van der Waals surface area contributed by atoms with E-state index in [1.54, 1.807) is 12.4 Å². The zero-order valence-electron chi connectivity index (χ0n) is 9.27. The molecule has 0 atom stereocenters. The second kappa shape index (κ2) is 5.90. The van der Waals surface area contributed by atoms with Gasteiger partial charge in [0.1, 0.15) is 0 Å². The third-order valence-electron chi connectivity index (χ3n) is 1.77. The van der Waals surface area contributed by atoms with Crippen LogP contribution in [0.2, 0.25) is 0 Å². The lowest BCUT2D eigenvalue weighted by Gasteiger charge is -2.17. The summed E-state index contributed by atoms with van der Waals surface area (Å²) in [4.78, 5) is 10.5. The Morgan fingerprint density at radius 3 is 2.80 bits per heavy atom. The van der Waals surface area contributed by atoms with Crippen molar-refractivity contribution in [1.82, 2.24) is 9.97 Å². The third-order valence-corrected chi connectivity index (χ3v) is 2.12. The van der Waals surface area contributed by atoms with Crippen LogP contribution in [0.15, 0.2) is 12.4 Å².